The van der Waals surface area contributed by atoms with Gasteiger partial charge in [0.2, 0.25) is 11.5 Å². The van der Waals surface area contributed by atoms with Crippen molar-refractivity contribution in [1.82, 2.24) is 0 Å². The van der Waals surface area contributed by atoms with E-state index in [0.717, 1.165) is 11.1 Å². The van der Waals surface area contributed by atoms with Gasteiger partial charge in [-0.15, -0.1) is 0 Å². The maximum Gasteiger partial charge on any atom is 0.203 e. The Morgan fingerprint density at radius 3 is 1.09 bits per heavy atom. The van der Waals surface area contributed by atoms with E-state index in [0.29, 0.717) is 47.7 Å². The molecule has 2 heterocycles. The van der Waals surface area contributed by atoms with Gasteiger partial charge in [0.25, 0.3) is 0 Å². The number of hydrogen-bond acceptors (Lipinski definition) is 8. The summed E-state index contributed by atoms with van der Waals surface area (Å²) in [6.07, 6.45) is -0.276. The smallest absolute Gasteiger partial charge is 0.203 e. The van der Waals surface area contributed by atoms with E-state index in [1.165, 1.54) is 0 Å². The minimum atomic E-state index is -0.138. The average molecular weight is 446 g/mol. The SMILES string of the molecule is COc1cc(C2OCC3C2CO[C@@H]3c2cc(OC)c(OC)c(OC)c2)cc(OC)c1OC. The van der Waals surface area contributed by atoms with Gasteiger partial charge in [0, 0.05) is 11.8 Å². The highest BCUT2D eigenvalue weighted by Gasteiger charge is 2.48. The molecule has 2 fully saturated rings. The van der Waals surface area contributed by atoms with E-state index >= 15 is 0 Å². The van der Waals surface area contributed by atoms with Crippen LogP contribution in [0.25, 0.3) is 0 Å². The van der Waals surface area contributed by atoms with Crippen LogP contribution in [-0.2, 0) is 9.47 Å². The third-order valence-electron chi connectivity index (χ3n) is 6.30. The maximum absolute atomic E-state index is 6.27. The van der Waals surface area contributed by atoms with Gasteiger partial charge in [-0.25, -0.2) is 0 Å². The van der Waals surface area contributed by atoms with Crippen LogP contribution in [0, 0.1) is 11.8 Å². The average Bonchev–Trinajstić information content (AvgIpc) is 3.44. The first-order valence-corrected chi connectivity index (χ1v) is 10.4. The molecule has 8 nitrogen and oxygen atoms in total. The van der Waals surface area contributed by atoms with Crippen LogP contribution in [0.4, 0.5) is 0 Å². The van der Waals surface area contributed by atoms with Crippen molar-refractivity contribution in [3.8, 4) is 34.5 Å². The molecule has 2 aromatic rings. The summed E-state index contributed by atoms with van der Waals surface area (Å²) in [5, 5.41) is 0. The second-order valence-corrected chi connectivity index (χ2v) is 7.75. The lowest BCUT2D eigenvalue weighted by molar-refractivity contribution is 0.0190. The zero-order chi connectivity index (χ0) is 22.8. The highest BCUT2D eigenvalue weighted by molar-refractivity contribution is 5.55. The fourth-order valence-corrected chi connectivity index (χ4v) is 4.77. The molecule has 2 saturated heterocycles. The first-order chi connectivity index (χ1) is 15.6. The van der Waals surface area contributed by atoms with Gasteiger partial charge in [-0.2, -0.15) is 0 Å². The molecular weight excluding hydrogens is 416 g/mol. The lowest BCUT2D eigenvalue weighted by atomic mass is 9.84. The second-order valence-electron chi connectivity index (χ2n) is 7.75. The Morgan fingerprint density at radius 2 is 0.844 bits per heavy atom. The van der Waals surface area contributed by atoms with Crippen molar-refractivity contribution in [2.45, 2.75) is 12.2 Å². The largest absolute Gasteiger partial charge is 0.493 e. The van der Waals surface area contributed by atoms with Crippen LogP contribution >= 0.6 is 0 Å². The van der Waals surface area contributed by atoms with Gasteiger partial charge in [0.05, 0.1) is 68.1 Å². The molecule has 0 aromatic heterocycles. The number of fused-ring (bicyclic) bond motifs is 1. The molecule has 0 radical (unpaired) electrons. The Labute approximate surface area is 188 Å². The molecule has 0 saturated carbocycles. The van der Waals surface area contributed by atoms with Crippen LogP contribution in [0.15, 0.2) is 24.3 Å². The summed E-state index contributed by atoms with van der Waals surface area (Å²) >= 11 is 0. The standard InChI is InChI=1S/C24H30O8/c1-25-17-7-13(8-18(26-2)23(17)29-5)21-15-11-32-22(16(15)12-31-21)14-9-19(27-3)24(30-6)20(10-14)28-4/h7-10,15-16,21-22H,11-12H2,1-6H3/t15?,16?,21-,22?/m1/s1. The Balaban J connectivity index is 1.64. The first-order valence-electron chi connectivity index (χ1n) is 10.4. The number of ether oxygens (including phenoxy) is 8. The fraction of sp³-hybridized carbons (Fsp3) is 0.500. The number of rotatable bonds is 8. The lowest BCUT2D eigenvalue weighted by Crippen LogP contribution is -2.15. The van der Waals surface area contributed by atoms with Crippen molar-refractivity contribution < 1.29 is 37.9 Å². The second kappa shape index (κ2) is 9.34. The van der Waals surface area contributed by atoms with Crippen LogP contribution in [0.3, 0.4) is 0 Å². The van der Waals surface area contributed by atoms with E-state index in [1.807, 2.05) is 24.3 Å². The molecule has 4 rings (SSSR count). The molecule has 2 aliphatic rings. The summed E-state index contributed by atoms with van der Waals surface area (Å²) in [6.45, 7) is 1.15. The summed E-state index contributed by atoms with van der Waals surface area (Å²) in [6, 6.07) is 7.78. The third-order valence-corrected chi connectivity index (χ3v) is 6.30. The Hall–Kier alpha value is -2.84. The van der Waals surface area contributed by atoms with Crippen LogP contribution in [0.1, 0.15) is 23.3 Å². The minimum Gasteiger partial charge on any atom is -0.493 e. The Bertz CT molecular complexity index is 832. The van der Waals surface area contributed by atoms with Crippen LogP contribution < -0.4 is 28.4 Å². The van der Waals surface area contributed by atoms with E-state index in [9.17, 15) is 0 Å². The predicted molar refractivity (Wildman–Crippen MR) is 117 cm³/mol. The molecule has 0 spiro atoms. The molecule has 3 unspecified atom stereocenters. The van der Waals surface area contributed by atoms with E-state index in [2.05, 4.69) is 0 Å². The van der Waals surface area contributed by atoms with Gasteiger partial charge in [-0.05, 0) is 35.4 Å². The van der Waals surface area contributed by atoms with Crippen molar-refractivity contribution in [3.63, 3.8) is 0 Å². The van der Waals surface area contributed by atoms with Crippen molar-refractivity contribution in [1.29, 1.82) is 0 Å². The molecule has 0 N–H and O–H groups in total. The number of hydrogen-bond donors (Lipinski definition) is 0. The molecule has 2 aliphatic heterocycles. The third kappa shape index (κ3) is 3.67. The lowest BCUT2D eigenvalue weighted by Gasteiger charge is -2.20. The molecule has 32 heavy (non-hydrogen) atoms. The molecule has 0 amide bonds. The number of methoxy groups -OCH3 is 6. The zero-order valence-electron chi connectivity index (χ0n) is 19.3. The molecule has 4 atom stereocenters. The fourth-order valence-electron chi connectivity index (χ4n) is 4.77. The quantitative estimate of drug-likeness (QED) is 0.606. The van der Waals surface area contributed by atoms with Crippen molar-refractivity contribution in [2.75, 3.05) is 55.9 Å². The molecule has 8 heteroatoms. The van der Waals surface area contributed by atoms with Gasteiger partial charge in [-0.3, -0.25) is 0 Å². The summed E-state index contributed by atoms with van der Waals surface area (Å²) < 4.78 is 45.5. The Kier molecular flexibility index (Phi) is 6.53. The highest BCUT2D eigenvalue weighted by Crippen LogP contribution is 2.53. The summed E-state index contributed by atoms with van der Waals surface area (Å²) in [7, 11) is 9.62. The van der Waals surface area contributed by atoms with Crippen molar-refractivity contribution >= 4 is 0 Å². The molecule has 174 valence electrons. The predicted octanol–water partition coefficient (Wildman–Crippen LogP) is 3.81. The topological polar surface area (TPSA) is 73.8 Å². The van der Waals surface area contributed by atoms with Gasteiger partial charge in [-0.1, -0.05) is 0 Å². The number of benzene rings is 2. The Morgan fingerprint density at radius 1 is 0.531 bits per heavy atom. The monoisotopic (exact) mass is 446 g/mol. The van der Waals surface area contributed by atoms with E-state index in [1.54, 1.807) is 42.7 Å². The minimum absolute atomic E-state index is 0.138. The normalized spacial score (nSPS) is 24.1. The van der Waals surface area contributed by atoms with Gasteiger partial charge >= 0.3 is 0 Å². The maximum atomic E-state index is 6.27. The van der Waals surface area contributed by atoms with Gasteiger partial charge < -0.3 is 37.9 Å². The summed E-state index contributed by atoms with van der Waals surface area (Å²) in [4.78, 5) is 0. The summed E-state index contributed by atoms with van der Waals surface area (Å²) in [5.74, 6) is 3.91. The molecular formula is C24H30O8. The first kappa shape index (κ1) is 22.4. The van der Waals surface area contributed by atoms with Crippen LogP contribution in [0.2, 0.25) is 0 Å². The summed E-state index contributed by atoms with van der Waals surface area (Å²) in [5.41, 5.74) is 1.95. The van der Waals surface area contributed by atoms with Crippen molar-refractivity contribution in [3.05, 3.63) is 35.4 Å². The zero-order valence-corrected chi connectivity index (χ0v) is 19.3. The van der Waals surface area contributed by atoms with Gasteiger partial charge in [0.1, 0.15) is 0 Å². The van der Waals surface area contributed by atoms with Crippen molar-refractivity contribution in [2.24, 2.45) is 11.8 Å². The van der Waals surface area contributed by atoms with E-state index in [-0.39, 0.29) is 24.0 Å². The van der Waals surface area contributed by atoms with Crippen LogP contribution in [0.5, 0.6) is 34.5 Å². The molecule has 0 bridgehead atoms. The molecule has 0 aliphatic carbocycles. The van der Waals surface area contributed by atoms with Gasteiger partial charge in [0.15, 0.2) is 23.0 Å². The highest BCUT2D eigenvalue weighted by atomic mass is 16.5. The molecule has 2 aromatic carbocycles. The van der Waals surface area contributed by atoms with E-state index in [4.69, 9.17) is 37.9 Å². The van der Waals surface area contributed by atoms with E-state index < -0.39 is 0 Å². The van der Waals surface area contributed by atoms with Crippen LogP contribution in [-0.4, -0.2) is 55.9 Å².